The van der Waals surface area contributed by atoms with Gasteiger partial charge in [0, 0.05) is 36.3 Å². The number of ether oxygens (including phenoxy) is 2. The molecule has 0 spiro atoms. The number of rotatable bonds is 5. The molecule has 0 radical (unpaired) electrons. The van der Waals surface area contributed by atoms with E-state index in [1.54, 1.807) is 6.20 Å². The lowest BCUT2D eigenvalue weighted by Gasteiger charge is -2.39. The highest BCUT2D eigenvalue weighted by atomic mass is 16.5. The van der Waals surface area contributed by atoms with Crippen molar-refractivity contribution in [2.75, 3.05) is 13.2 Å². The lowest BCUT2D eigenvalue weighted by atomic mass is 10.1. The lowest BCUT2D eigenvalue weighted by molar-refractivity contribution is -0.0826. The average molecular weight is 384 g/mol. The van der Waals surface area contributed by atoms with E-state index in [0.29, 0.717) is 31.3 Å². The van der Waals surface area contributed by atoms with E-state index in [4.69, 9.17) is 14.0 Å². The normalized spacial score (nSPS) is 22.0. The van der Waals surface area contributed by atoms with Crippen LogP contribution in [0.3, 0.4) is 0 Å². The monoisotopic (exact) mass is 384 g/mol. The van der Waals surface area contributed by atoms with Crippen LogP contribution in [0.25, 0.3) is 11.3 Å². The molecule has 148 valence electrons. The first kappa shape index (κ1) is 18.5. The van der Waals surface area contributed by atoms with E-state index in [2.05, 4.69) is 15.6 Å². The fourth-order valence-corrected chi connectivity index (χ4v) is 3.33. The van der Waals surface area contributed by atoms with Crippen LogP contribution in [0.4, 0.5) is 0 Å². The minimum Gasteiger partial charge on any atom is -0.473 e. The lowest BCUT2D eigenvalue weighted by Crippen LogP contribution is -2.53. The third-order valence-corrected chi connectivity index (χ3v) is 4.94. The summed E-state index contributed by atoms with van der Waals surface area (Å²) in [7, 11) is 0. The van der Waals surface area contributed by atoms with Crippen molar-refractivity contribution in [2.24, 2.45) is 0 Å². The van der Waals surface area contributed by atoms with Crippen LogP contribution in [0, 0.1) is 13.8 Å². The Balaban J connectivity index is 1.52. The molecule has 2 aliphatic rings. The number of allylic oxidation sites excluding steroid dienone is 2. The Morgan fingerprint density at radius 3 is 3.04 bits per heavy atom. The van der Waals surface area contributed by atoms with Crippen LogP contribution in [-0.4, -0.2) is 45.6 Å². The molecule has 2 N–H and O–H groups in total. The summed E-state index contributed by atoms with van der Waals surface area (Å²) in [5, 5.41) is 16.3. The smallest absolute Gasteiger partial charge is 0.208 e. The standard InChI is InChI=1S/C20H24N4O4/c1-13-5-6-15(10-21-13)20-16(14(2)28-23-20)11-27-19-4-3-8-22-24(19)17-7-9-26-12-18(17)25/h3-6,8,10,17-18,22,25H,7,9,11-12H2,1-2H3/t17-,18-/m1/s1. The predicted molar refractivity (Wildman–Crippen MR) is 101 cm³/mol. The molecule has 1 saturated heterocycles. The second-order valence-electron chi connectivity index (χ2n) is 6.90. The highest BCUT2D eigenvalue weighted by Crippen LogP contribution is 2.27. The number of nitrogens with one attached hydrogen (secondary N) is 1. The summed E-state index contributed by atoms with van der Waals surface area (Å²) in [4.78, 5) is 4.34. The third-order valence-electron chi connectivity index (χ3n) is 4.94. The first-order valence-corrected chi connectivity index (χ1v) is 9.32. The molecule has 4 heterocycles. The number of aryl methyl sites for hydroxylation is 2. The molecule has 4 rings (SSSR count). The van der Waals surface area contributed by atoms with Gasteiger partial charge in [0.15, 0.2) is 0 Å². The summed E-state index contributed by atoms with van der Waals surface area (Å²) in [5.74, 6) is 1.33. The van der Waals surface area contributed by atoms with Gasteiger partial charge in [-0.25, -0.2) is 0 Å². The molecule has 1 fully saturated rings. The SMILES string of the molecule is Cc1ccc(-c2noc(C)c2COC2=CC=CNN2[C@@H]2CCOC[C@H]2O)cn1. The highest BCUT2D eigenvalue weighted by Gasteiger charge is 2.32. The van der Waals surface area contributed by atoms with Gasteiger partial charge in [0.1, 0.15) is 18.1 Å². The van der Waals surface area contributed by atoms with Crippen molar-refractivity contribution in [3.63, 3.8) is 0 Å². The Bertz CT molecular complexity index is 875. The number of hydrogen-bond donors (Lipinski definition) is 2. The van der Waals surface area contributed by atoms with Gasteiger partial charge in [-0.2, -0.15) is 0 Å². The van der Waals surface area contributed by atoms with Gasteiger partial charge in [0.05, 0.1) is 24.3 Å². The summed E-state index contributed by atoms with van der Waals surface area (Å²) in [6, 6.07) is 3.78. The highest BCUT2D eigenvalue weighted by molar-refractivity contribution is 5.62. The minimum atomic E-state index is -0.591. The van der Waals surface area contributed by atoms with Gasteiger partial charge in [-0.15, -0.1) is 0 Å². The number of hydrazine groups is 1. The Morgan fingerprint density at radius 2 is 2.25 bits per heavy atom. The number of aliphatic hydroxyl groups is 1. The number of nitrogens with zero attached hydrogens (tertiary/aromatic N) is 3. The van der Waals surface area contributed by atoms with Gasteiger partial charge in [0.2, 0.25) is 5.88 Å². The van der Waals surface area contributed by atoms with E-state index in [0.717, 1.165) is 22.5 Å². The second kappa shape index (κ2) is 8.04. The molecule has 0 bridgehead atoms. The van der Waals surface area contributed by atoms with E-state index in [9.17, 15) is 5.11 Å². The number of hydrogen-bond acceptors (Lipinski definition) is 8. The van der Waals surface area contributed by atoms with Crippen molar-refractivity contribution < 1.29 is 19.1 Å². The van der Waals surface area contributed by atoms with Gasteiger partial charge in [-0.1, -0.05) is 5.16 Å². The average Bonchev–Trinajstić information content (AvgIpc) is 3.08. The van der Waals surface area contributed by atoms with Crippen LogP contribution in [0.5, 0.6) is 0 Å². The molecule has 8 heteroatoms. The van der Waals surface area contributed by atoms with Gasteiger partial charge in [-0.3, -0.25) is 9.99 Å². The van der Waals surface area contributed by atoms with E-state index < -0.39 is 6.10 Å². The molecule has 0 saturated carbocycles. The zero-order valence-corrected chi connectivity index (χ0v) is 16.0. The molecule has 0 amide bonds. The van der Waals surface area contributed by atoms with Crippen molar-refractivity contribution in [1.29, 1.82) is 0 Å². The van der Waals surface area contributed by atoms with Crippen molar-refractivity contribution in [1.82, 2.24) is 20.6 Å². The van der Waals surface area contributed by atoms with Gasteiger partial charge in [0.25, 0.3) is 0 Å². The van der Waals surface area contributed by atoms with E-state index >= 15 is 0 Å². The van der Waals surface area contributed by atoms with Crippen LogP contribution < -0.4 is 5.43 Å². The molecule has 2 aromatic heterocycles. The van der Waals surface area contributed by atoms with Gasteiger partial charge in [-0.05, 0) is 38.5 Å². The van der Waals surface area contributed by atoms with Crippen LogP contribution >= 0.6 is 0 Å². The maximum absolute atomic E-state index is 10.3. The molecule has 8 nitrogen and oxygen atoms in total. The van der Waals surface area contributed by atoms with E-state index in [-0.39, 0.29) is 12.6 Å². The zero-order chi connectivity index (χ0) is 19.5. The summed E-state index contributed by atoms with van der Waals surface area (Å²) in [6.45, 7) is 5.01. The molecular weight excluding hydrogens is 360 g/mol. The van der Waals surface area contributed by atoms with Gasteiger partial charge >= 0.3 is 0 Å². The Morgan fingerprint density at radius 1 is 1.36 bits per heavy atom. The summed E-state index contributed by atoms with van der Waals surface area (Å²) >= 11 is 0. The van der Waals surface area contributed by atoms with Crippen LogP contribution in [-0.2, 0) is 16.1 Å². The van der Waals surface area contributed by atoms with Crippen LogP contribution in [0.15, 0.2) is 47.1 Å². The van der Waals surface area contributed by atoms with Crippen molar-refractivity contribution in [2.45, 2.75) is 39.0 Å². The fourth-order valence-electron chi connectivity index (χ4n) is 3.33. The largest absolute Gasteiger partial charge is 0.473 e. The van der Waals surface area contributed by atoms with Crippen molar-refractivity contribution in [3.8, 4) is 11.3 Å². The number of aromatic nitrogens is 2. The van der Waals surface area contributed by atoms with Crippen LogP contribution in [0.2, 0.25) is 0 Å². The topological polar surface area (TPSA) is 92.9 Å². The Kier molecular flexibility index (Phi) is 5.31. The fraction of sp³-hybridized carbons (Fsp3) is 0.400. The summed E-state index contributed by atoms with van der Waals surface area (Å²) in [5.41, 5.74) is 6.58. The molecule has 0 aromatic carbocycles. The molecule has 0 unspecified atom stereocenters. The molecule has 2 atom stereocenters. The molecular formula is C20H24N4O4. The summed E-state index contributed by atoms with van der Waals surface area (Å²) in [6.07, 6.45) is 7.44. The zero-order valence-electron chi connectivity index (χ0n) is 16.0. The molecule has 0 aliphatic carbocycles. The third kappa shape index (κ3) is 3.74. The predicted octanol–water partition coefficient (Wildman–Crippen LogP) is 2.20. The first-order valence-electron chi connectivity index (χ1n) is 9.32. The van der Waals surface area contributed by atoms with E-state index in [1.807, 2.05) is 49.3 Å². The first-order chi connectivity index (χ1) is 13.6. The summed E-state index contributed by atoms with van der Waals surface area (Å²) < 4.78 is 16.8. The van der Waals surface area contributed by atoms with Gasteiger partial charge < -0.3 is 24.5 Å². The molecule has 28 heavy (non-hydrogen) atoms. The molecule has 2 aliphatic heterocycles. The minimum absolute atomic E-state index is 0.130. The Hall–Kier alpha value is -2.84. The van der Waals surface area contributed by atoms with Crippen molar-refractivity contribution >= 4 is 0 Å². The second-order valence-corrected chi connectivity index (χ2v) is 6.90. The van der Waals surface area contributed by atoms with Crippen molar-refractivity contribution in [3.05, 3.63) is 59.6 Å². The number of pyridine rings is 1. The van der Waals surface area contributed by atoms with Crippen LogP contribution in [0.1, 0.15) is 23.4 Å². The Labute approximate surface area is 163 Å². The number of aliphatic hydroxyl groups excluding tert-OH is 1. The maximum Gasteiger partial charge on any atom is 0.208 e. The van der Waals surface area contributed by atoms with E-state index in [1.165, 1.54) is 0 Å². The maximum atomic E-state index is 10.3. The quantitative estimate of drug-likeness (QED) is 0.810. The molecule has 2 aromatic rings.